The van der Waals surface area contributed by atoms with E-state index in [1.807, 2.05) is 0 Å². The van der Waals surface area contributed by atoms with Gasteiger partial charge in [0, 0.05) is 16.8 Å². The van der Waals surface area contributed by atoms with Crippen LogP contribution in [0.5, 0.6) is 0 Å². The number of anilines is 1. The van der Waals surface area contributed by atoms with E-state index in [4.69, 9.17) is 43.6 Å². The minimum absolute atomic E-state index is 0.133. The van der Waals surface area contributed by atoms with Crippen molar-refractivity contribution in [2.45, 2.75) is 6.61 Å². The smallest absolute Gasteiger partial charge is 0.291 e. The fourth-order valence-electron chi connectivity index (χ4n) is 2.86. The van der Waals surface area contributed by atoms with E-state index >= 15 is 0 Å². The first-order valence-corrected chi connectivity index (χ1v) is 9.94. The molecule has 2 heterocycles. The van der Waals surface area contributed by atoms with Gasteiger partial charge in [-0.2, -0.15) is 0 Å². The Kier molecular flexibility index (Phi) is 5.88. The molecule has 4 aromatic rings. The Morgan fingerprint density at radius 2 is 1.60 bits per heavy atom. The van der Waals surface area contributed by atoms with Crippen LogP contribution in [0.4, 0.5) is 5.69 Å². The van der Waals surface area contributed by atoms with Gasteiger partial charge in [0.15, 0.2) is 5.76 Å². The first-order valence-electron chi connectivity index (χ1n) is 8.80. The molecule has 4 rings (SSSR count). The molecular formula is C22H14Cl3NO4. The lowest BCUT2D eigenvalue weighted by Crippen LogP contribution is -2.10. The molecule has 30 heavy (non-hydrogen) atoms. The maximum absolute atomic E-state index is 12.6. The summed E-state index contributed by atoms with van der Waals surface area (Å²) in [6, 6.07) is 16.7. The molecule has 0 bridgehead atoms. The largest absolute Gasteiger partial charge is 0.459 e. The van der Waals surface area contributed by atoms with Crippen molar-refractivity contribution in [3.05, 3.63) is 87.3 Å². The van der Waals surface area contributed by atoms with Crippen molar-refractivity contribution in [3.8, 4) is 22.6 Å². The molecule has 0 atom stereocenters. The van der Waals surface area contributed by atoms with Crippen molar-refractivity contribution < 1.29 is 18.7 Å². The Bertz CT molecular complexity index is 1230. The molecule has 0 aliphatic heterocycles. The van der Waals surface area contributed by atoms with Crippen LogP contribution in [-0.4, -0.2) is 11.0 Å². The summed E-state index contributed by atoms with van der Waals surface area (Å²) in [5.74, 6) is 1.10. The summed E-state index contributed by atoms with van der Waals surface area (Å²) in [4.78, 5) is 12.6. The summed E-state index contributed by atoms with van der Waals surface area (Å²) >= 11 is 18.2. The van der Waals surface area contributed by atoms with Crippen LogP contribution in [0.15, 0.2) is 69.5 Å². The second kappa shape index (κ2) is 8.58. The van der Waals surface area contributed by atoms with Gasteiger partial charge >= 0.3 is 0 Å². The minimum Gasteiger partial charge on any atom is -0.459 e. The lowest BCUT2D eigenvalue weighted by Gasteiger charge is -2.07. The van der Waals surface area contributed by atoms with E-state index < -0.39 is 5.91 Å². The van der Waals surface area contributed by atoms with Crippen LogP contribution in [-0.2, 0) is 6.61 Å². The monoisotopic (exact) mass is 461 g/mol. The maximum Gasteiger partial charge on any atom is 0.291 e. The number of benzene rings is 2. The average molecular weight is 463 g/mol. The number of carbonyl (C=O) groups excluding carboxylic acids is 1. The summed E-state index contributed by atoms with van der Waals surface area (Å²) < 4.78 is 11.2. The number of carbonyl (C=O) groups is 1. The van der Waals surface area contributed by atoms with Gasteiger partial charge in [0.1, 0.15) is 23.9 Å². The van der Waals surface area contributed by atoms with E-state index in [1.54, 1.807) is 60.7 Å². The van der Waals surface area contributed by atoms with E-state index in [0.29, 0.717) is 49.2 Å². The van der Waals surface area contributed by atoms with Gasteiger partial charge in [-0.3, -0.25) is 4.79 Å². The molecule has 5 nitrogen and oxygen atoms in total. The number of hydrogen-bond donors (Lipinski definition) is 2. The Morgan fingerprint density at radius 3 is 2.33 bits per heavy atom. The summed E-state index contributed by atoms with van der Waals surface area (Å²) in [5, 5.41) is 13.2. The number of furan rings is 2. The fourth-order valence-corrected chi connectivity index (χ4v) is 3.37. The maximum atomic E-state index is 12.6. The summed E-state index contributed by atoms with van der Waals surface area (Å²) in [6.07, 6.45) is 0. The molecule has 2 aromatic heterocycles. The van der Waals surface area contributed by atoms with Gasteiger partial charge in [-0.15, -0.1) is 0 Å². The van der Waals surface area contributed by atoms with Crippen LogP contribution < -0.4 is 5.32 Å². The van der Waals surface area contributed by atoms with E-state index in [-0.39, 0.29) is 12.4 Å². The van der Waals surface area contributed by atoms with E-state index in [2.05, 4.69) is 5.32 Å². The highest BCUT2D eigenvalue weighted by atomic mass is 35.5. The van der Waals surface area contributed by atoms with E-state index in [0.717, 1.165) is 0 Å². The molecule has 8 heteroatoms. The molecule has 1 amide bonds. The third-order valence-corrected chi connectivity index (χ3v) is 5.41. The molecule has 0 saturated carbocycles. The number of halogens is 3. The van der Waals surface area contributed by atoms with Gasteiger partial charge in [-0.1, -0.05) is 34.8 Å². The quantitative estimate of drug-likeness (QED) is 0.338. The molecule has 0 spiro atoms. The zero-order valence-electron chi connectivity index (χ0n) is 15.3. The predicted molar refractivity (Wildman–Crippen MR) is 117 cm³/mol. The topological polar surface area (TPSA) is 75.6 Å². The van der Waals surface area contributed by atoms with Gasteiger partial charge in [0.2, 0.25) is 0 Å². The van der Waals surface area contributed by atoms with Gasteiger partial charge in [0.05, 0.1) is 15.1 Å². The molecule has 2 N–H and O–H groups in total. The lowest BCUT2D eigenvalue weighted by molar-refractivity contribution is 0.0997. The fraction of sp³-hybridized carbons (Fsp3) is 0.0455. The third-order valence-electron chi connectivity index (χ3n) is 4.34. The van der Waals surface area contributed by atoms with Crippen LogP contribution >= 0.6 is 34.8 Å². The highest BCUT2D eigenvalue weighted by Crippen LogP contribution is 2.33. The molecule has 0 saturated heterocycles. The molecule has 0 fully saturated rings. The minimum atomic E-state index is -0.426. The van der Waals surface area contributed by atoms with Crippen molar-refractivity contribution in [2.24, 2.45) is 0 Å². The number of hydrogen-bond acceptors (Lipinski definition) is 4. The van der Waals surface area contributed by atoms with Crippen molar-refractivity contribution in [1.82, 2.24) is 0 Å². The predicted octanol–water partition coefficient (Wildman–Crippen LogP) is 6.91. The van der Waals surface area contributed by atoms with Crippen molar-refractivity contribution in [3.63, 3.8) is 0 Å². The molecule has 0 unspecified atom stereocenters. The van der Waals surface area contributed by atoms with Gasteiger partial charge in [0.25, 0.3) is 5.91 Å². The van der Waals surface area contributed by atoms with Crippen LogP contribution in [0.3, 0.4) is 0 Å². The average Bonchev–Trinajstić information content (AvgIpc) is 3.41. The standard InChI is InChI=1S/C22H14Cl3NO4/c23-16-5-2-13(10-15(16)20-6-3-14(11-27)29-20)26-22(28)21-8-7-19(30-21)12-1-4-17(24)18(25)9-12/h1-10,27H,11H2,(H,26,28). The normalized spacial score (nSPS) is 10.9. The molecule has 0 aliphatic rings. The Labute approximate surface area is 186 Å². The second-order valence-corrected chi connectivity index (χ2v) is 7.59. The van der Waals surface area contributed by atoms with Crippen molar-refractivity contribution in [1.29, 1.82) is 0 Å². The highest BCUT2D eigenvalue weighted by Gasteiger charge is 2.15. The Hall–Kier alpha value is -2.70. The van der Waals surface area contributed by atoms with E-state index in [9.17, 15) is 9.90 Å². The summed E-state index contributed by atoms with van der Waals surface area (Å²) in [6.45, 7) is -0.215. The Balaban J connectivity index is 1.55. The van der Waals surface area contributed by atoms with Crippen LogP contribution in [0, 0.1) is 0 Å². The first-order chi connectivity index (χ1) is 14.4. The first kappa shape index (κ1) is 20.6. The Morgan fingerprint density at radius 1 is 0.833 bits per heavy atom. The molecule has 152 valence electrons. The molecule has 0 aliphatic carbocycles. The zero-order valence-corrected chi connectivity index (χ0v) is 17.6. The SMILES string of the molecule is O=C(Nc1ccc(Cl)c(-c2ccc(CO)o2)c1)c1ccc(-c2ccc(Cl)c(Cl)c2)o1. The van der Waals surface area contributed by atoms with E-state index in [1.165, 1.54) is 0 Å². The lowest BCUT2D eigenvalue weighted by atomic mass is 10.1. The van der Waals surface area contributed by atoms with Crippen molar-refractivity contribution >= 4 is 46.4 Å². The number of rotatable bonds is 5. The van der Waals surface area contributed by atoms with Gasteiger partial charge in [-0.25, -0.2) is 0 Å². The zero-order chi connectivity index (χ0) is 21.3. The molecule has 2 aromatic carbocycles. The molecule has 0 radical (unpaired) electrons. The second-order valence-electron chi connectivity index (χ2n) is 6.37. The summed E-state index contributed by atoms with van der Waals surface area (Å²) in [7, 11) is 0. The number of nitrogens with one attached hydrogen (secondary N) is 1. The van der Waals surface area contributed by atoms with Crippen LogP contribution in [0.2, 0.25) is 15.1 Å². The van der Waals surface area contributed by atoms with Crippen LogP contribution in [0.25, 0.3) is 22.6 Å². The number of amides is 1. The highest BCUT2D eigenvalue weighted by molar-refractivity contribution is 6.42. The third kappa shape index (κ3) is 4.25. The van der Waals surface area contributed by atoms with Crippen LogP contribution in [0.1, 0.15) is 16.3 Å². The summed E-state index contributed by atoms with van der Waals surface area (Å²) in [5.41, 5.74) is 1.80. The van der Waals surface area contributed by atoms with Gasteiger partial charge in [-0.05, 0) is 60.7 Å². The molecular weight excluding hydrogens is 449 g/mol. The number of aliphatic hydroxyl groups is 1. The van der Waals surface area contributed by atoms with Crippen molar-refractivity contribution in [2.75, 3.05) is 5.32 Å². The van der Waals surface area contributed by atoms with Gasteiger partial charge < -0.3 is 19.3 Å². The number of aliphatic hydroxyl groups excluding tert-OH is 1.